The molecule has 2 saturated heterocycles. The van der Waals surface area contributed by atoms with Crippen molar-refractivity contribution in [2.45, 2.75) is 43.6 Å². The van der Waals surface area contributed by atoms with Gasteiger partial charge in [-0.2, -0.15) is 0 Å². The van der Waals surface area contributed by atoms with Crippen LogP contribution in [0.2, 0.25) is 0 Å². The molecule has 1 aromatic heterocycles. The van der Waals surface area contributed by atoms with Gasteiger partial charge in [0, 0.05) is 37.0 Å². The first-order valence-corrected chi connectivity index (χ1v) is 11.3. The number of pyridine rings is 1. The molecule has 0 unspecified atom stereocenters. The average Bonchev–Trinajstić information content (AvgIpc) is 3.61. The number of rotatable bonds is 4. The molecular weight excluding hydrogens is 376 g/mol. The zero-order valence-electron chi connectivity index (χ0n) is 17.3. The van der Waals surface area contributed by atoms with Crippen LogP contribution in [0.3, 0.4) is 0 Å². The predicted octanol–water partition coefficient (Wildman–Crippen LogP) is 3.62. The Bertz CT molecular complexity index is 958. The molecule has 0 spiro atoms. The SMILES string of the molecule is O=C(Oc1ccc2c(c1)[C@]13CCN(CC4CC4)[C@H](C2)[C@@H]1CCOC3)c1cccnc1. The van der Waals surface area contributed by atoms with Gasteiger partial charge in [0.1, 0.15) is 5.75 Å². The number of piperidine rings is 1. The Morgan fingerprint density at radius 2 is 2.20 bits per heavy atom. The van der Waals surface area contributed by atoms with Gasteiger partial charge in [-0.05, 0) is 85.9 Å². The monoisotopic (exact) mass is 404 g/mol. The van der Waals surface area contributed by atoms with Crippen LogP contribution in [0.5, 0.6) is 5.75 Å². The fourth-order valence-electron chi connectivity index (χ4n) is 6.11. The molecule has 1 aromatic carbocycles. The molecule has 4 aliphatic rings. The van der Waals surface area contributed by atoms with Gasteiger partial charge in [-0.1, -0.05) is 6.07 Å². The number of hydrogen-bond donors (Lipinski definition) is 0. The molecule has 0 amide bonds. The largest absolute Gasteiger partial charge is 0.423 e. The Morgan fingerprint density at radius 3 is 3.03 bits per heavy atom. The summed E-state index contributed by atoms with van der Waals surface area (Å²) in [5, 5.41) is 0. The summed E-state index contributed by atoms with van der Waals surface area (Å²) in [5.41, 5.74) is 3.29. The number of hydrogen-bond acceptors (Lipinski definition) is 5. The van der Waals surface area contributed by atoms with E-state index in [0.29, 0.717) is 23.3 Å². The fourth-order valence-corrected chi connectivity index (χ4v) is 6.11. The van der Waals surface area contributed by atoms with E-state index >= 15 is 0 Å². The maximum absolute atomic E-state index is 12.5. The minimum absolute atomic E-state index is 0.0628. The third kappa shape index (κ3) is 3.07. The number of fused-ring (bicyclic) bond motifs is 1. The quantitative estimate of drug-likeness (QED) is 0.576. The number of nitrogens with zero attached hydrogens (tertiary/aromatic N) is 2. The van der Waals surface area contributed by atoms with Crippen molar-refractivity contribution in [3.05, 3.63) is 59.4 Å². The number of carbonyl (C=O) groups excluding carboxylic acids is 1. The molecule has 156 valence electrons. The highest BCUT2D eigenvalue weighted by Crippen LogP contribution is 2.53. The zero-order chi connectivity index (χ0) is 20.1. The first kappa shape index (κ1) is 18.5. The van der Waals surface area contributed by atoms with Crippen LogP contribution in [0, 0.1) is 11.8 Å². The zero-order valence-corrected chi connectivity index (χ0v) is 17.3. The Balaban J connectivity index is 1.32. The molecule has 2 aliphatic heterocycles. The lowest BCUT2D eigenvalue weighted by atomic mass is 9.56. The molecule has 3 heterocycles. The van der Waals surface area contributed by atoms with Crippen LogP contribution in [0.4, 0.5) is 0 Å². The van der Waals surface area contributed by atoms with Gasteiger partial charge in [0.25, 0.3) is 0 Å². The van der Waals surface area contributed by atoms with E-state index in [-0.39, 0.29) is 11.4 Å². The van der Waals surface area contributed by atoms with Crippen molar-refractivity contribution in [2.75, 3.05) is 26.3 Å². The lowest BCUT2D eigenvalue weighted by Gasteiger charge is -2.58. The Morgan fingerprint density at radius 1 is 1.27 bits per heavy atom. The summed E-state index contributed by atoms with van der Waals surface area (Å²) >= 11 is 0. The molecule has 2 bridgehead atoms. The maximum Gasteiger partial charge on any atom is 0.345 e. The van der Waals surface area contributed by atoms with Crippen molar-refractivity contribution in [2.24, 2.45) is 11.8 Å². The van der Waals surface area contributed by atoms with Gasteiger partial charge >= 0.3 is 5.97 Å². The van der Waals surface area contributed by atoms with Gasteiger partial charge in [-0.25, -0.2) is 4.79 Å². The van der Waals surface area contributed by atoms with Crippen LogP contribution in [-0.2, 0) is 16.6 Å². The molecule has 6 rings (SSSR count). The van der Waals surface area contributed by atoms with Crippen LogP contribution in [0.15, 0.2) is 42.7 Å². The van der Waals surface area contributed by atoms with Crippen LogP contribution >= 0.6 is 0 Å². The van der Waals surface area contributed by atoms with Crippen LogP contribution in [-0.4, -0.2) is 48.2 Å². The average molecular weight is 405 g/mol. The molecule has 5 nitrogen and oxygen atoms in total. The second-order valence-electron chi connectivity index (χ2n) is 9.51. The summed E-state index contributed by atoms with van der Waals surface area (Å²) in [6.07, 6.45) is 9.38. The van der Waals surface area contributed by atoms with E-state index in [4.69, 9.17) is 9.47 Å². The van der Waals surface area contributed by atoms with Crippen molar-refractivity contribution >= 4 is 5.97 Å². The van der Waals surface area contributed by atoms with Gasteiger partial charge in [0.15, 0.2) is 0 Å². The van der Waals surface area contributed by atoms with E-state index in [0.717, 1.165) is 44.9 Å². The lowest BCUT2D eigenvalue weighted by Crippen LogP contribution is -2.63. The normalized spacial score (nSPS) is 30.3. The summed E-state index contributed by atoms with van der Waals surface area (Å²) in [7, 11) is 0. The van der Waals surface area contributed by atoms with Crippen molar-refractivity contribution < 1.29 is 14.3 Å². The summed E-state index contributed by atoms with van der Waals surface area (Å²) in [6.45, 7) is 4.08. The second-order valence-corrected chi connectivity index (χ2v) is 9.51. The third-order valence-corrected chi connectivity index (χ3v) is 7.77. The van der Waals surface area contributed by atoms with E-state index in [2.05, 4.69) is 22.0 Å². The Labute approximate surface area is 177 Å². The lowest BCUT2D eigenvalue weighted by molar-refractivity contribution is -0.0838. The van der Waals surface area contributed by atoms with Crippen molar-refractivity contribution in [1.82, 2.24) is 9.88 Å². The summed E-state index contributed by atoms with van der Waals surface area (Å²) < 4.78 is 11.8. The number of aromatic nitrogens is 1. The van der Waals surface area contributed by atoms with E-state index in [9.17, 15) is 4.79 Å². The van der Waals surface area contributed by atoms with Gasteiger partial charge in [-0.15, -0.1) is 0 Å². The smallest absolute Gasteiger partial charge is 0.345 e. The van der Waals surface area contributed by atoms with Crippen LogP contribution in [0.25, 0.3) is 0 Å². The molecule has 5 heteroatoms. The maximum atomic E-state index is 12.5. The fraction of sp³-hybridized carbons (Fsp3) is 0.520. The number of esters is 1. The molecule has 2 aliphatic carbocycles. The summed E-state index contributed by atoms with van der Waals surface area (Å²) in [6, 6.07) is 10.4. The number of benzene rings is 1. The van der Waals surface area contributed by atoms with Crippen LogP contribution in [0.1, 0.15) is 47.2 Å². The van der Waals surface area contributed by atoms with Gasteiger partial charge in [0.2, 0.25) is 0 Å². The van der Waals surface area contributed by atoms with Crippen molar-refractivity contribution in [3.8, 4) is 5.75 Å². The molecule has 0 radical (unpaired) electrons. The molecule has 2 aromatic rings. The molecule has 3 atom stereocenters. The Hall–Kier alpha value is -2.24. The standard InChI is InChI=1S/C25H28N2O3/c28-24(19-2-1-9-26-14-19)30-20-6-5-18-12-23-21-7-11-29-16-25(21,22(18)13-20)8-10-27(23)15-17-3-4-17/h1-2,5-6,9,13-14,17,21,23H,3-4,7-8,10-12,15-16H2/t21-,23+,25-/m0/s1. The Kier molecular flexibility index (Phi) is 4.43. The number of likely N-dealkylation sites (tertiary alicyclic amines) is 1. The first-order valence-electron chi connectivity index (χ1n) is 11.3. The van der Waals surface area contributed by atoms with Gasteiger partial charge < -0.3 is 9.47 Å². The molecule has 0 N–H and O–H groups in total. The van der Waals surface area contributed by atoms with Gasteiger partial charge in [0.05, 0.1) is 12.2 Å². The van der Waals surface area contributed by atoms with Crippen molar-refractivity contribution in [1.29, 1.82) is 0 Å². The minimum atomic E-state index is -0.357. The molecular formula is C25H28N2O3. The highest BCUT2D eigenvalue weighted by molar-refractivity contribution is 5.90. The highest BCUT2D eigenvalue weighted by Gasteiger charge is 2.55. The molecule has 30 heavy (non-hydrogen) atoms. The highest BCUT2D eigenvalue weighted by atomic mass is 16.5. The topological polar surface area (TPSA) is 51.7 Å². The minimum Gasteiger partial charge on any atom is -0.423 e. The first-order chi connectivity index (χ1) is 14.7. The molecule has 3 fully saturated rings. The predicted molar refractivity (Wildman–Crippen MR) is 113 cm³/mol. The second kappa shape index (κ2) is 7.17. The number of carbonyl (C=O) groups is 1. The van der Waals surface area contributed by atoms with Crippen molar-refractivity contribution in [3.63, 3.8) is 0 Å². The summed E-state index contributed by atoms with van der Waals surface area (Å²) in [4.78, 5) is 19.3. The van der Waals surface area contributed by atoms with E-state index in [1.54, 1.807) is 24.5 Å². The number of ether oxygens (including phenoxy) is 2. The van der Waals surface area contributed by atoms with Gasteiger partial charge in [-0.3, -0.25) is 9.88 Å². The van der Waals surface area contributed by atoms with E-state index in [1.807, 2.05) is 6.07 Å². The van der Waals surface area contributed by atoms with Crippen LogP contribution < -0.4 is 4.74 Å². The molecule has 1 saturated carbocycles. The van der Waals surface area contributed by atoms with E-state index in [1.165, 1.54) is 30.5 Å². The van der Waals surface area contributed by atoms with E-state index < -0.39 is 0 Å². The summed E-state index contributed by atoms with van der Waals surface area (Å²) in [5.74, 6) is 1.83. The third-order valence-electron chi connectivity index (χ3n) is 7.77.